The van der Waals surface area contributed by atoms with E-state index in [1.165, 1.54) is 12.8 Å². The second-order valence-electron chi connectivity index (χ2n) is 7.27. The highest BCUT2D eigenvalue weighted by molar-refractivity contribution is 5.79. The highest BCUT2D eigenvalue weighted by Crippen LogP contribution is 2.40. The number of hydrogen-bond donors (Lipinski definition) is 0. The van der Waals surface area contributed by atoms with Gasteiger partial charge in [-0.25, -0.2) is 0 Å². The van der Waals surface area contributed by atoms with E-state index in [9.17, 15) is 9.18 Å². The molecule has 3 fully saturated rings. The van der Waals surface area contributed by atoms with Crippen molar-refractivity contribution in [2.24, 2.45) is 5.92 Å². The predicted molar refractivity (Wildman–Crippen MR) is 82.6 cm³/mol. The molecule has 23 heavy (non-hydrogen) atoms. The molecule has 1 aromatic rings. The van der Waals surface area contributed by atoms with Gasteiger partial charge in [-0.2, -0.15) is 0 Å². The molecular weight excluding hydrogens is 297 g/mol. The minimum absolute atomic E-state index is 0.0866. The van der Waals surface area contributed by atoms with Crippen LogP contribution < -0.4 is 0 Å². The zero-order chi connectivity index (χ0) is 15.8. The van der Waals surface area contributed by atoms with E-state index in [2.05, 4.69) is 16.1 Å². The molecule has 2 aliphatic heterocycles. The van der Waals surface area contributed by atoms with Crippen molar-refractivity contribution >= 4 is 5.91 Å². The van der Waals surface area contributed by atoms with Gasteiger partial charge in [0.2, 0.25) is 5.91 Å². The first-order chi connectivity index (χ1) is 11.2. The number of carbonyl (C=O) groups excluding carboxylic acids is 1. The van der Waals surface area contributed by atoms with Crippen molar-refractivity contribution in [2.45, 2.75) is 50.6 Å². The van der Waals surface area contributed by atoms with Gasteiger partial charge in [-0.15, -0.1) is 0 Å². The average molecular weight is 321 g/mol. The summed E-state index contributed by atoms with van der Waals surface area (Å²) in [6.45, 7) is 2.97. The van der Waals surface area contributed by atoms with Crippen molar-refractivity contribution in [3.05, 3.63) is 17.5 Å². The second kappa shape index (κ2) is 6.23. The van der Waals surface area contributed by atoms with E-state index >= 15 is 0 Å². The fourth-order valence-electron chi connectivity index (χ4n) is 3.85. The summed E-state index contributed by atoms with van der Waals surface area (Å²) in [4.78, 5) is 16.3. The summed E-state index contributed by atoms with van der Waals surface area (Å²) in [5.74, 6) is 1.69. The van der Waals surface area contributed by atoms with Crippen LogP contribution in [0.3, 0.4) is 0 Å². The first kappa shape index (κ1) is 15.1. The molecule has 3 aliphatic rings. The lowest BCUT2D eigenvalue weighted by molar-refractivity contribution is -0.130. The maximum absolute atomic E-state index is 12.8. The largest absolute Gasteiger partial charge is 0.361 e. The van der Waals surface area contributed by atoms with Crippen LogP contribution in [0.1, 0.15) is 49.5 Å². The normalized spacial score (nSPS) is 27.1. The number of likely N-dealkylation sites (tertiary alicyclic amines) is 2. The van der Waals surface area contributed by atoms with Crippen molar-refractivity contribution in [2.75, 3.05) is 26.3 Å². The molecule has 0 aromatic carbocycles. The molecule has 126 valence electrons. The Kier molecular flexibility index (Phi) is 4.09. The van der Waals surface area contributed by atoms with Gasteiger partial charge >= 0.3 is 0 Å². The lowest BCUT2D eigenvalue weighted by atomic mass is 10.0. The Labute approximate surface area is 135 Å². The third-order valence-corrected chi connectivity index (χ3v) is 5.40. The summed E-state index contributed by atoms with van der Waals surface area (Å²) < 4.78 is 18.2. The number of nitrogens with zero attached hydrogens (tertiary/aromatic N) is 3. The van der Waals surface area contributed by atoms with Crippen LogP contribution in [0.5, 0.6) is 0 Å². The Morgan fingerprint density at radius 1 is 1.26 bits per heavy atom. The molecule has 0 bridgehead atoms. The first-order valence-corrected chi connectivity index (χ1v) is 8.76. The highest BCUT2D eigenvalue weighted by atomic mass is 19.1. The molecular formula is C17H24FN3O2. The summed E-state index contributed by atoms with van der Waals surface area (Å²) in [5, 5.41) is 4.18. The molecule has 0 spiro atoms. The fourth-order valence-corrected chi connectivity index (χ4v) is 3.85. The van der Waals surface area contributed by atoms with Gasteiger partial charge in [0, 0.05) is 56.5 Å². The molecule has 0 N–H and O–H groups in total. The quantitative estimate of drug-likeness (QED) is 0.835. The summed E-state index contributed by atoms with van der Waals surface area (Å²) in [6, 6.07) is 2.38. The molecule has 1 atom stereocenters. The lowest BCUT2D eigenvalue weighted by Gasteiger charge is -2.36. The lowest BCUT2D eigenvalue weighted by Crippen LogP contribution is -2.45. The molecule has 4 rings (SSSR count). The van der Waals surface area contributed by atoms with Crippen LogP contribution in [-0.2, 0) is 11.3 Å². The average Bonchev–Trinajstić information content (AvgIpc) is 3.20. The smallest absolute Gasteiger partial charge is 0.223 e. The van der Waals surface area contributed by atoms with Crippen LogP contribution in [0.4, 0.5) is 4.39 Å². The standard InChI is InChI=1S/C17H24FN3O2/c18-9-12-7-17(22)21(10-12)15-3-5-20(6-4-15)11-14-8-16(23-19-14)13-1-2-13/h8,12-13,15H,1-7,9-11H2. The molecule has 3 heterocycles. The third-order valence-electron chi connectivity index (χ3n) is 5.40. The summed E-state index contributed by atoms with van der Waals surface area (Å²) in [6.07, 6.45) is 4.78. The Bertz CT molecular complexity index is 564. The maximum atomic E-state index is 12.8. The predicted octanol–water partition coefficient (Wildman–Crippen LogP) is 2.33. The van der Waals surface area contributed by atoms with Crippen LogP contribution in [0.15, 0.2) is 10.6 Å². The Morgan fingerprint density at radius 2 is 2.04 bits per heavy atom. The number of carbonyl (C=O) groups is 1. The number of aromatic nitrogens is 1. The first-order valence-electron chi connectivity index (χ1n) is 8.76. The Morgan fingerprint density at radius 3 is 2.70 bits per heavy atom. The second-order valence-corrected chi connectivity index (χ2v) is 7.27. The molecule has 6 heteroatoms. The van der Waals surface area contributed by atoms with E-state index in [4.69, 9.17) is 4.52 Å². The van der Waals surface area contributed by atoms with E-state index in [0.29, 0.717) is 18.9 Å². The van der Waals surface area contributed by atoms with Gasteiger partial charge in [0.1, 0.15) is 5.76 Å². The van der Waals surface area contributed by atoms with E-state index in [1.54, 1.807) is 0 Å². The van der Waals surface area contributed by atoms with Gasteiger partial charge < -0.3 is 9.42 Å². The topological polar surface area (TPSA) is 49.6 Å². The van der Waals surface area contributed by atoms with Crippen LogP contribution in [-0.4, -0.2) is 53.2 Å². The zero-order valence-corrected chi connectivity index (χ0v) is 13.4. The highest BCUT2D eigenvalue weighted by Gasteiger charge is 2.36. The van der Waals surface area contributed by atoms with Crippen LogP contribution in [0, 0.1) is 5.92 Å². The molecule has 5 nitrogen and oxygen atoms in total. The monoisotopic (exact) mass is 321 g/mol. The summed E-state index contributed by atoms with van der Waals surface area (Å²) in [7, 11) is 0. The SMILES string of the molecule is O=C1CC(CF)CN1C1CCN(Cc2cc(C3CC3)on2)CC1. The van der Waals surface area contributed by atoms with Crippen LogP contribution in [0.2, 0.25) is 0 Å². The van der Waals surface area contributed by atoms with Crippen LogP contribution in [0.25, 0.3) is 0 Å². The van der Waals surface area contributed by atoms with Gasteiger partial charge in [-0.3, -0.25) is 14.1 Å². The van der Waals surface area contributed by atoms with Gasteiger partial charge in [0.25, 0.3) is 0 Å². The molecule has 2 saturated heterocycles. The van der Waals surface area contributed by atoms with Gasteiger partial charge in [-0.1, -0.05) is 5.16 Å². The van der Waals surface area contributed by atoms with Crippen molar-refractivity contribution in [1.29, 1.82) is 0 Å². The van der Waals surface area contributed by atoms with Crippen molar-refractivity contribution in [3.63, 3.8) is 0 Å². The fraction of sp³-hybridized carbons (Fsp3) is 0.765. The number of alkyl halides is 1. The number of hydrogen-bond acceptors (Lipinski definition) is 4. The van der Waals surface area contributed by atoms with Gasteiger partial charge in [0.15, 0.2) is 0 Å². The molecule has 1 saturated carbocycles. The Hall–Kier alpha value is -1.43. The minimum atomic E-state index is -0.378. The van der Waals surface area contributed by atoms with Crippen molar-refractivity contribution < 1.29 is 13.7 Å². The third kappa shape index (κ3) is 3.27. The number of halogens is 1. The number of rotatable bonds is 5. The van der Waals surface area contributed by atoms with E-state index in [1.807, 2.05) is 4.90 Å². The zero-order valence-electron chi connectivity index (χ0n) is 13.4. The summed E-state index contributed by atoms with van der Waals surface area (Å²) in [5.41, 5.74) is 1.01. The van der Waals surface area contributed by atoms with E-state index in [0.717, 1.165) is 43.9 Å². The van der Waals surface area contributed by atoms with E-state index in [-0.39, 0.29) is 24.5 Å². The Balaban J connectivity index is 1.28. The van der Waals surface area contributed by atoms with E-state index < -0.39 is 0 Å². The number of piperidine rings is 1. The van der Waals surface area contributed by atoms with Gasteiger partial charge in [-0.05, 0) is 25.7 Å². The van der Waals surface area contributed by atoms with Crippen molar-refractivity contribution in [3.8, 4) is 0 Å². The molecule has 1 aromatic heterocycles. The van der Waals surface area contributed by atoms with Crippen molar-refractivity contribution in [1.82, 2.24) is 15.0 Å². The molecule has 1 aliphatic carbocycles. The van der Waals surface area contributed by atoms with Gasteiger partial charge in [0.05, 0.1) is 12.4 Å². The molecule has 0 radical (unpaired) electrons. The molecule has 1 unspecified atom stereocenters. The van der Waals surface area contributed by atoms with Crippen LogP contribution >= 0.6 is 0 Å². The minimum Gasteiger partial charge on any atom is -0.361 e. The molecule has 1 amide bonds. The number of amides is 1. The summed E-state index contributed by atoms with van der Waals surface area (Å²) >= 11 is 0. The maximum Gasteiger partial charge on any atom is 0.223 e.